The Morgan fingerprint density at radius 1 is 1.08 bits per heavy atom. The van der Waals surface area contributed by atoms with Crippen molar-refractivity contribution < 1.29 is 23.8 Å². The highest BCUT2D eigenvalue weighted by Gasteiger charge is 2.38. The molecule has 0 spiro atoms. The smallest absolute Gasteiger partial charge is 0.348 e. The third-order valence-electron chi connectivity index (χ3n) is 3.97. The van der Waals surface area contributed by atoms with Crippen LogP contribution in [0.3, 0.4) is 0 Å². The highest BCUT2D eigenvalue weighted by Crippen LogP contribution is 2.25. The maximum atomic E-state index is 12.1. The van der Waals surface area contributed by atoms with Crippen LogP contribution in [0.4, 0.5) is 0 Å². The third-order valence-corrected chi connectivity index (χ3v) is 3.97. The van der Waals surface area contributed by atoms with Crippen molar-refractivity contribution in [2.75, 3.05) is 26.3 Å². The van der Waals surface area contributed by atoms with E-state index in [2.05, 4.69) is 4.90 Å². The minimum absolute atomic E-state index is 0.0799. The Bertz CT molecular complexity index is 652. The summed E-state index contributed by atoms with van der Waals surface area (Å²) < 4.78 is 15.6. The predicted octanol–water partition coefficient (Wildman–Crippen LogP) is 1.74. The van der Waals surface area contributed by atoms with Crippen LogP contribution in [0.25, 0.3) is 6.08 Å². The Hall–Kier alpha value is -2.18. The normalized spacial score (nSPS) is 21.2. The lowest BCUT2D eigenvalue weighted by Crippen LogP contribution is -2.41. The van der Waals surface area contributed by atoms with Gasteiger partial charge < -0.3 is 14.2 Å². The SMILES string of the molecule is CC1(C)OC(=O)C(=Cc2ccccc2CN2CCOCC2)C(=O)O1. The molecule has 2 saturated heterocycles. The second-order valence-corrected chi connectivity index (χ2v) is 6.32. The number of rotatable bonds is 3. The molecular formula is C18H21NO5. The van der Waals surface area contributed by atoms with E-state index in [0.29, 0.717) is 0 Å². The second kappa shape index (κ2) is 6.75. The zero-order chi connectivity index (χ0) is 17.2. The largest absolute Gasteiger partial charge is 0.419 e. The number of nitrogens with zero attached hydrogens (tertiary/aromatic N) is 1. The van der Waals surface area contributed by atoms with Gasteiger partial charge in [0.25, 0.3) is 5.79 Å². The van der Waals surface area contributed by atoms with Crippen LogP contribution in [-0.4, -0.2) is 48.9 Å². The van der Waals surface area contributed by atoms with Gasteiger partial charge in [0, 0.05) is 33.5 Å². The van der Waals surface area contributed by atoms with E-state index in [4.69, 9.17) is 14.2 Å². The van der Waals surface area contributed by atoms with E-state index >= 15 is 0 Å². The van der Waals surface area contributed by atoms with Crippen LogP contribution in [0.15, 0.2) is 29.8 Å². The predicted molar refractivity (Wildman–Crippen MR) is 86.8 cm³/mol. The van der Waals surface area contributed by atoms with E-state index in [9.17, 15) is 9.59 Å². The summed E-state index contributed by atoms with van der Waals surface area (Å²) in [7, 11) is 0. The van der Waals surface area contributed by atoms with Gasteiger partial charge >= 0.3 is 11.9 Å². The average molecular weight is 331 g/mol. The first-order valence-electron chi connectivity index (χ1n) is 8.01. The number of esters is 2. The van der Waals surface area contributed by atoms with Crippen LogP contribution in [0, 0.1) is 0 Å². The molecule has 0 bridgehead atoms. The van der Waals surface area contributed by atoms with Gasteiger partial charge in [-0.1, -0.05) is 24.3 Å². The quantitative estimate of drug-likeness (QED) is 0.477. The van der Waals surface area contributed by atoms with Gasteiger partial charge in [-0.3, -0.25) is 4.90 Å². The Kier molecular flexibility index (Phi) is 4.69. The Morgan fingerprint density at radius 3 is 2.38 bits per heavy atom. The van der Waals surface area contributed by atoms with Crippen molar-refractivity contribution in [1.82, 2.24) is 4.90 Å². The summed E-state index contributed by atoms with van der Waals surface area (Å²) in [4.78, 5) is 26.5. The van der Waals surface area contributed by atoms with Crippen LogP contribution in [-0.2, 0) is 30.3 Å². The van der Waals surface area contributed by atoms with E-state index in [1.54, 1.807) is 6.08 Å². The Labute approximate surface area is 141 Å². The number of morpholine rings is 1. The van der Waals surface area contributed by atoms with Gasteiger partial charge in [-0.05, 0) is 17.2 Å². The number of carbonyl (C=O) groups is 2. The van der Waals surface area contributed by atoms with Crippen molar-refractivity contribution in [3.8, 4) is 0 Å². The molecule has 2 fully saturated rings. The van der Waals surface area contributed by atoms with Gasteiger partial charge in [-0.2, -0.15) is 0 Å². The number of hydrogen-bond acceptors (Lipinski definition) is 6. The standard InChI is InChI=1S/C18H21NO5/c1-18(2)23-16(20)15(17(21)24-18)11-13-5-3-4-6-14(13)12-19-7-9-22-10-8-19/h3-6,11H,7-10,12H2,1-2H3. The minimum atomic E-state index is -1.22. The molecule has 1 aromatic carbocycles. The molecule has 3 rings (SSSR count). The first-order chi connectivity index (χ1) is 11.4. The van der Waals surface area contributed by atoms with Gasteiger partial charge in [0.15, 0.2) is 0 Å². The number of cyclic esters (lactones) is 2. The maximum absolute atomic E-state index is 12.1. The fourth-order valence-electron chi connectivity index (χ4n) is 2.75. The minimum Gasteiger partial charge on any atom is -0.419 e. The van der Waals surface area contributed by atoms with Gasteiger partial charge in [0.2, 0.25) is 0 Å². The molecule has 6 nitrogen and oxygen atoms in total. The van der Waals surface area contributed by atoms with Crippen molar-refractivity contribution in [3.63, 3.8) is 0 Å². The number of benzene rings is 1. The molecule has 0 N–H and O–H groups in total. The molecule has 0 aliphatic carbocycles. The lowest BCUT2D eigenvalue weighted by Gasteiger charge is -2.30. The number of carbonyl (C=O) groups excluding carboxylic acids is 2. The number of ether oxygens (including phenoxy) is 3. The summed E-state index contributed by atoms with van der Waals surface area (Å²) >= 11 is 0. The Balaban J connectivity index is 1.84. The lowest BCUT2D eigenvalue weighted by atomic mass is 10.0. The number of hydrogen-bond donors (Lipinski definition) is 0. The second-order valence-electron chi connectivity index (χ2n) is 6.32. The maximum Gasteiger partial charge on any atom is 0.348 e. The molecule has 0 aromatic heterocycles. The summed E-state index contributed by atoms with van der Waals surface area (Å²) in [6, 6.07) is 7.69. The van der Waals surface area contributed by atoms with Crippen molar-refractivity contribution in [2.24, 2.45) is 0 Å². The van der Waals surface area contributed by atoms with Crippen LogP contribution in [0.5, 0.6) is 0 Å². The van der Waals surface area contributed by atoms with E-state index in [0.717, 1.165) is 44.0 Å². The lowest BCUT2D eigenvalue weighted by molar-refractivity contribution is -0.222. The van der Waals surface area contributed by atoms with Gasteiger partial charge in [-0.25, -0.2) is 9.59 Å². The van der Waals surface area contributed by atoms with E-state index in [-0.39, 0.29) is 5.57 Å². The summed E-state index contributed by atoms with van der Waals surface area (Å²) in [5.41, 5.74) is 1.77. The van der Waals surface area contributed by atoms with E-state index in [1.807, 2.05) is 24.3 Å². The van der Waals surface area contributed by atoms with Crippen molar-refractivity contribution >= 4 is 18.0 Å². The fraction of sp³-hybridized carbons (Fsp3) is 0.444. The van der Waals surface area contributed by atoms with E-state index in [1.165, 1.54) is 13.8 Å². The van der Waals surface area contributed by atoms with Crippen LogP contribution in [0.2, 0.25) is 0 Å². The van der Waals surface area contributed by atoms with Crippen molar-refractivity contribution in [3.05, 3.63) is 41.0 Å². The molecule has 24 heavy (non-hydrogen) atoms. The highest BCUT2D eigenvalue weighted by molar-refractivity contribution is 6.18. The van der Waals surface area contributed by atoms with Crippen LogP contribution >= 0.6 is 0 Å². The molecule has 0 radical (unpaired) electrons. The molecule has 0 atom stereocenters. The zero-order valence-electron chi connectivity index (χ0n) is 13.9. The van der Waals surface area contributed by atoms with Gasteiger partial charge in [0.05, 0.1) is 13.2 Å². The van der Waals surface area contributed by atoms with Crippen LogP contribution in [0.1, 0.15) is 25.0 Å². The molecule has 6 heteroatoms. The molecule has 2 heterocycles. The Morgan fingerprint density at radius 2 is 1.71 bits per heavy atom. The first-order valence-corrected chi connectivity index (χ1v) is 8.01. The summed E-state index contributed by atoms with van der Waals surface area (Å²) in [5, 5.41) is 0. The molecule has 2 aliphatic heterocycles. The average Bonchev–Trinajstić information content (AvgIpc) is 2.52. The molecule has 1 aromatic rings. The van der Waals surface area contributed by atoms with Gasteiger partial charge in [-0.15, -0.1) is 0 Å². The summed E-state index contributed by atoms with van der Waals surface area (Å²) in [6.07, 6.45) is 1.55. The molecule has 2 aliphatic rings. The molecular weight excluding hydrogens is 310 g/mol. The molecule has 0 amide bonds. The van der Waals surface area contributed by atoms with Gasteiger partial charge in [0.1, 0.15) is 5.57 Å². The zero-order valence-corrected chi connectivity index (χ0v) is 13.9. The molecule has 0 unspecified atom stereocenters. The first kappa shape index (κ1) is 16.7. The fourth-order valence-corrected chi connectivity index (χ4v) is 2.75. The topological polar surface area (TPSA) is 65.1 Å². The highest BCUT2D eigenvalue weighted by atomic mass is 16.7. The summed E-state index contributed by atoms with van der Waals surface area (Å²) in [6.45, 7) is 6.97. The molecule has 128 valence electrons. The third kappa shape index (κ3) is 3.83. The van der Waals surface area contributed by atoms with Crippen molar-refractivity contribution in [2.45, 2.75) is 26.2 Å². The molecule has 0 saturated carbocycles. The summed E-state index contributed by atoms with van der Waals surface area (Å²) in [5.74, 6) is -2.53. The monoisotopic (exact) mass is 331 g/mol. The van der Waals surface area contributed by atoms with E-state index < -0.39 is 17.7 Å². The van der Waals surface area contributed by atoms with Crippen LogP contribution < -0.4 is 0 Å². The van der Waals surface area contributed by atoms with Crippen molar-refractivity contribution in [1.29, 1.82) is 0 Å².